The lowest BCUT2D eigenvalue weighted by atomic mass is 10.0. The van der Waals surface area contributed by atoms with Gasteiger partial charge in [-0.05, 0) is 103 Å². The molecular formula is C80H140NO8P. The first-order valence-electron chi connectivity index (χ1n) is 37.2. The summed E-state index contributed by atoms with van der Waals surface area (Å²) in [6.45, 7) is 4.04. The number of hydrogen-bond donors (Lipinski definition) is 0. The van der Waals surface area contributed by atoms with Gasteiger partial charge in [-0.2, -0.15) is 0 Å². The van der Waals surface area contributed by atoms with Gasteiger partial charge in [-0.15, -0.1) is 0 Å². The van der Waals surface area contributed by atoms with Crippen molar-refractivity contribution in [2.45, 2.75) is 328 Å². The molecule has 0 fully saturated rings. The Morgan fingerprint density at radius 3 is 0.889 bits per heavy atom. The number of nitrogens with zero attached hydrogens (tertiary/aromatic N) is 1. The second kappa shape index (κ2) is 69.7. The topological polar surface area (TPSA) is 111 Å². The zero-order valence-corrected chi connectivity index (χ0v) is 59.9. The number of carbonyl (C=O) groups is 2. The number of unbranched alkanes of at least 4 members (excludes halogenated alkanes) is 34. The lowest BCUT2D eigenvalue weighted by Gasteiger charge is -2.28. The van der Waals surface area contributed by atoms with Gasteiger partial charge in [-0.3, -0.25) is 14.2 Å². The van der Waals surface area contributed by atoms with Gasteiger partial charge in [-0.1, -0.05) is 328 Å². The number of esters is 2. The van der Waals surface area contributed by atoms with Crippen LogP contribution in [-0.2, 0) is 32.7 Å². The van der Waals surface area contributed by atoms with Crippen molar-refractivity contribution in [3.05, 3.63) is 122 Å². The van der Waals surface area contributed by atoms with Crippen LogP contribution in [0.15, 0.2) is 122 Å². The van der Waals surface area contributed by atoms with Crippen LogP contribution in [-0.4, -0.2) is 70.0 Å². The smallest absolute Gasteiger partial charge is 0.306 e. The maximum atomic E-state index is 12.9. The van der Waals surface area contributed by atoms with Crippen molar-refractivity contribution >= 4 is 19.8 Å². The molecule has 518 valence electrons. The first-order chi connectivity index (χ1) is 44.0. The zero-order valence-electron chi connectivity index (χ0n) is 59.1. The lowest BCUT2D eigenvalue weighted by molar-refractivity contribution is -0.870. The highest BCUT2D eigenvalue weighted by molar-refractivity contribution is 7.45. The average molecular weight is 1270 g/mol. The molecule has 0 bridgehead atoms. The Balaban J connectivity index is 3.96. The molecule has 9 nitrogen and oxygen atoms in total. The van der Waals surface area contributed by atoms with E-state index in [2.05, 4.69) is 135 Å². The molecule has 0 spiro atoms. The van der Waals surface area contributed by atoms with Gasteiger partial charge < -0.3 is 27.9 Å². The largest absolute Gasteiger partial charge is 0.756 e. The number of carbonyl (C=O) groups excluding carboxylic acids is 2. The number of quaternary nitrogens is 1. The Bertz CT molecular complexity index is 1940. The third-order valence-electron chi connectivity index (χ3n) is 16.0. The van der Waals surface area contributed by atoms with Crippen molar-refractivity contribution in [3.63, 3.8) is 0 Å². The summed E-state index contributed by atoms with van der Waals surface area (Å²) in [5.41, 5.74) is 0. The number of phosphoric ester groups is 1. The predicted octanol–water partition coefficient (Wildman–Crippen LogP) is 24.0. The molecule has 2 unspecified atom stereocenters. The predicted molar refractivity (Wildman–Crippen MR) is 388 cm³/mol. The summed E-state index contributed by atoms with van der Waals surface area (Å²) >= 11 is 0. The highest BCUT2D eigenvalue weighted by atomic mass is 31.2. The molecule has 0 aliphatic carbocycles. The van der Waals surface area contributed by atoms with Crippen molar-refractivity contribution in [1.29, 1.82) is 0 Å². The number of ether oxygens (including phenoxy) is 2. The molecule has 2 atom stereocenters. The fraction of sp³-hybridized carbons (Fsp3) is 0.725. The number of allylic oxidation sites excluding steroid dienone is 20. The van der Waals surface area contributed by atoms with Crippen LogP contribution in [0.25, 0.3) is 0 Å². The van der Waals surface area contributed by atoms with Crippen molar-refractivity contribution in [3.8, 4) is 0 Å². The molecule has 0 aliphatic rings. The Morgan fingerprint density at radius 1 is 0.344 bits per heavy atom. The van der Waals surface area contributed by atoms with Crippen LogP contribution >= 0.6 is 7.82 Å². The van der Waals surface area contributed by atoms with Gasteiger partial charge >= 0.3 is 11.9 Å². The number of likely N-dealkylation sites (N-methyl/N-ethyl adjacent to an activating group) is 1. The molecule has 0 aliphatic heterocycles. The summed E-state index contributed by atoms with van der Waals surface area (Å²) in [5, 5.41) is 0. The van der Waals surface area contributed by atoms with Crippen LogP contribution in [0.5, 0.6) is 0 Å². The van der Waals surface area contributed by atoms with E-state index in [-0.39, 0.29) is 32.0 Å². The summed E-state index contributed by atoms with van der Waals surface area (Å²) in [7, 11) is 1.17. The van der Waals surface area contributed by atoms with Crippen LogP contribution in [0.2, 0.25) is 0 Å². The summed E-state index contributed by atoms with van der Waals surface area (Å²) < 4.78 is 34.4. The van der Waals surface area contributed by atoms with E-state index in [1.54, 1.807) is 0 Å². The van der Waals surface area contributed by atoms with Crippen LogP contribution < -0.4 is 4.89 Å². The summed E-state index contributed by atoms with van der Waals surface area (Å²) in [6, 6.07) is 0. The van der Waals surface area contributed by atoms with E-state index in [1.165, 1.54) is 186 Å². The van der Waals surface area contributed by atoms with E-state index < -0.39 is 26.5 Å². The molecule has 0 saturated heterocycles. The lowest BCUT2D eigenvalue weighted by Crippen LogP contribution is -2.37. The van der Waals surface area contributed by atoms with E-state index in [0.717, 1.165) is 103 Å². The number of hydrogen-bond acceptors (Lipinski definition) is 8. The van der Waals surface area contributed by atoms with Gasteiger partial charge in [0, 0.05) is 12.8 Å². The fourth-order valence-electron chi connectivity index (χ4n) is 10.4. The van der Waals surface area contributed by atoms with Crippen molar-refractivity contribution in [1.82, 2.24) is 0 Å². The van der Waals surface area contributed by atoms with E-state index >= 15 is 0 Å². The Kier molecular flexibility index (Phi) is 67.0. The standard InChI is InChI=1S/C80H140NO8P/c1-6-8-10-12-14-16-18-20-22-24-26-28-30-32-33-34-35-36-37-38-39-40-41-42-43-44-45-46-47-49-51-53-55-57-59-61-63-65-67-69-71-73-80(83)89-78(77-88-90(84,85)87-75-74-81(3,4)5)76-86-79(82)72-70-68-66-64-62-60-58-56-54-52-50-48-31-29-27-25-23-21-19-17-15-13-11-9-7-2/h8-11,14-17,20-23,26-29,32-33,35-36,78H,6-7,12-13,18-19,24-25,30-31,34,37-77H2,1-5H3/b10-8-,11-9-,16-14-,17-15-,22-20-,23-21-,28-26-,29-27-,33-32-,36-35-. The molecule has 0 amide bonds. The monoisotopic (exact) mass is 1270 g/mol. The minimum atomic E-state index is -4.65. The molecule has 0 radical (unpaired) electrons. The maximum absolute atomic E-state index is 12.9. The van der Waals surface area contributed by atoms with Crippen LogP contribution in [0, 0.1) is 0 Å². The highest BCUT2D eigenvalue weighted by Crippen LogP contribution is 2.38. The summed E-state index contributed by atoms with van der Waals surface area (Å²) in [5.74, 6) is -0.827. The van der Waals surface area contributed by atoms with Gasteiger partial charge in [0.1, 0.15) is 19.8 Å². The minimum absolute atomic E-state index is 0.0334. The minimum Gasteiger partial charge on any atom is -0.756 e. The molecule has 0 N–H and O–H groups in total. The Morgan fingerprint density at radius 2 is 0.600 bits per heavy atom. The Hall–Kier alpha value is -3.59. The molecule has 0 aromatic heterocycles. The van der Waals surface area contributed by atoms with Crippen molar-refractivity contribution < 1.29 is 42.1 Å². The molecule has 0 saturated carbocycles. The quantitative estimate of drug-likeness (QED) is 0.0195. The summed E-state index contributed by atoms with van der Waals surface area (Å²) in [6.07, 6.45) is 100. The normalized spacial score (nSPS) is 13.8. The van der Waals surface area contributed by atoms with Crippen molar-refractivity contribution in [2.24, 2.45) is 0 Å². The first-order valence-corrected chi connectivity index (χ1v) is 38.7. The second-order valence-corrected chi connectivity index (χ2v) is 27.3. The molecule has 0 aromatic rings. The van der Waals surface area contributed by atoms with Gasteiger partial charge in [0.25, 0.3) is 7.82 Å². The van der Waals surface area contributed by atoms with Crippen LogP contribution in [0.4, 0.5) is 0 Å². The average Bonchev–Trinajstić information content (AvgIpc) is 3.62. The third-order valence-corrected chi connectivity index (χ3v) is 16.9. The zero-order chi connectivity index (χ0) is 65.5. The van der Waals surface area contributed by atoms with Gasteiger partial charge in [0.05, 0.1) is 27.7 Å². The van der Waals surface area contributed by atoms with Crippen LogP contribution in [0.3, 0.4) is 0 Å². The molecule has 0 heterocycles. The molecule has 0 aromatic carbocycles. The third kappa shape index (κ3) is 73.5. The molecule has 0 rings (SSSR count). The summed E-state index contributed by atoms with van der Waals surface area (Å²) in [4.78, 5) is 38.1. The van der Waals surface area contributed by atoms with Gasteiger partial charge in [0.15, 0.2) is 6.10 Å². The van der Waals surface area contributed by atoms with E-state index in [4.69, 9.17) is 18.5 Å². The number of rotatable bonds is 68. The highest BCUT2D eigenvalue weighted by Gasteiger charge is 2.22. The maximum Gasteiger partial charge on any atom is 0.306 e. The van der Waals surface area contributed by atoms with E-state index in [9.17, 15) is 19.0 Å². The van der Waals surface area contributed by atoms with Gasteiger partial charge in [0.2, 0.25) is 0 Å². The molecule has 10 heteroatoms. The Labute approximate surface area is 556 Å². The molecule has 90 heavy (non-hydrogen) atoms. The van der Waals surface area contributed by atoms with Crippen LogP contribution in [0.1, 0.15) is 322 Å². The molecular weight excluding hydrogens is 1130 g/mol. The van der Waals surface area contributed by atoms with E-state index in [1.807, 2.05) is 21.1 Å². The van der Waals surface area contributed by atoms with Gasteiger partial charge in [-0.25, -0.2) is 0 Å². The van der Waals surface area contributed by atoms with E-state index in [0.29, 0.717) is 17.4 Å². The first kappa shape index (κ1) is 86.4. The fourth-order valence-corrected chi connectivity index (χ4v) is 11.1. The SMILES string of the molecule is CC/C=C\C/C=C\C/C=C\C/C=C\C/C=C\C/C=C\CCCCCCCCCCCCCCCCCCCCCCCCC(=O)OC(COC(=O)CCCCCCCCCCCCCC/C=C\C/C=C\C/C=C\C/C=C\CC)COP(=O)([O-])OCC[N+](C)(C)C. The second-order valence-electron chi connectivity index (χ2n) is 25.9. The number of phosphoric acid groups is 1. The van der Waals surface area contributed by atoms with Crippen molar-refractivity contribution in [2.75, 3.05) is 47.5 Å².